The standard InChI is InChI=1S/C76H54N2O2/c1-75(2)63-37-47-21-13-11-19-45(47)35-59(63)53-33-31-51(39-65(53)75)77(49-23-7-5-8-24-49)67-43-71-73(57-29-17-15-27-55(57)67)61-41-70-62(42-69(61)79-71)74-58-30-18-16-28-56(58)68(44-72(74)80-70)78(50-25-9-6-10-26-50)52-32-34-54-60-36-46-20-12-14-22-48(46)38-64(60)76(3,4)66(54)40-52/h5-11,13-19,21-44H,12,20H2,1-4H3. The first-order valence-electron chi connectivity index (χ1n) is 28.2. The number of rotatable bonds is 6. The van der Waals surface area contributed by atoms with Gasteiger partial charge >= 0.3 is 0 Å². The molecule has 380 valence electrons. The molecular weight excluding hydrogens is 973 g/mol. The van der Waals surface area contributed by atoms with E-state index in [1.165, 1.54) is 66.4 Å². The molecule has 2 aromatic heterocycles. The van der Waals surface area contributed by atoms with Gasteiger partial charge in [-0.3, -0.25) is 0 Å². The number of para-hydroxylation sites is 2. The van der Waals surface area contributed by atoms with Crippen molar-refractivity contribution in [1.82, 2.24) is 0 Å². The van der Waals surface area contributed by atoms with Gasteiger partial charge in [-0.1, -0.05) is 167 Å². The molecule has 12 aromatic carbocycles. The number of fused-ring (bicyclic) bond motifs is 18. The van der Waals surface area contributed by atoms with Crippen LogP contribution in [0.3, 0.4) is 0 Å². The molecule has 2 heterocycles. The quantitative estimate of drug-likeness (QED) is 0.166. The molecule has 4 nitrogen and oxygen atoms in total. The first-order valence-corrected chi connectivity index (χ1v) is 28.2. The normalized spacial score (nSPS) is 14.6. The predicted octanol–water partition coefficient (Wildman–Crippen LogP) is 21.5. The molecule has 17 rings (SSSR count). The Kier molecular flexibility index (Phi) is 9.33. The Balaban J connectivity index is 0.827. The van der Waals surface area contributed by atoms with Crippen molar-refractivity contribution in [3.63, 3.8) is 0 Å². The average Bonchev–Trinajstić information content (AvgIpc) is 4.36. The Bertz CT molecular complexity index is 5020. The van der Waals surface area contributed by atoms with Gasteiger partial charge in [-0.05, 0) is 169 Å². The minimum Gasteiger partial charge on any atom is -0.456 e. The highest BCUT2D eigenvalue weighted by molar-refractivity contribution is 6.28. The lowest BCUT2D eigenvalue weighted by atomic mass is 9.80. The highest BCUT2D eigenvalue weighted by Crippen LogP contribution is 2.55. The molecular formula is C76H54N2O2. The lowest BCUT2D eigenvalue weighted by Gasteiger charge is -2.29. The van der Waals surface area contributed by atoms with Crippen LogP contribution in [0.2, 0.25) is 0 Å². The summed E-state index contributed by atoms with van der Waals surface area (Å²) in [6.45, 7) is 9.52. The number of nitrogens with zero attached hydrogens (tertiary/aromatic N) is 2. The van der Waals surface area contributed by atoms with Crippen LogP contribution >= 0.6 is 0 Å². The molecule has 0 atom stereocenters. The van der Waals surface area contributed by atoms with Crippen molar-refractivity contribution in [3.8, 4) is 22.3 Å². The van der Waals surface area contributed by atoms with Crippen LogP contribution in [0, 0.1) is 0 Å². The van der Waals surface area contributed by atoms with Gasteiger partial charge in [0, 0.05) is 78.0 Å². The van der Waals surface area contributed by atoms with Crippen LogP contribution in [0.4, 0.5) is 34.1 Å². The number of hydrogen-bond donors (Lipinski definition) is 0. The van der Waals surface area contributed by atoms with Gasteiger partial charge in [0.2, 0.25) is 0 Å². The molecule has 0 fully saturated rings. The number of aryl methyl sites for hydroxylation is 1. The second-order valence-corrected chi connectivity index (χ2v) is 23.5. The van der Waals surface area contributed by atoms with Crippen molar-refractivity contribution in [2.75, 3.05) is 9.80 Å². The maximum atomic E-state index is 7.15. The third kappa shape index (κ3) is 6.39. The van der Waals surface area contributed by atoms with Crippen LogP contribution in [0.25, 0.3) is 105 Å². The van der Waals surface area contributed by atoms with E-state index >= 15 is 0 Å². The average molecular weight is 1030 g/mol. The minimum absolute atomic E-state index is 0.174. The fraction of sp³-hybridized carbons (Fsp3) is 0.105. The summed E-state index contributed by atoms with van der Waals surface area (Å²) in [6.07, 6.45) is 6.81. The SMILES string of the molecule is CC1(C)c2cc(N(c3ccccc3)c3cc4oc5cc6c(cc5c4c4ccccc34)oc3cc(N(c4ccccc4)c4ccc5c(c4)C(C)(C)c4cc7ccccc7cc4-5)c4ccccc4c36)ccc2-c2cc3c(cc21)C=CCC3. The lowest BCUT2D eigenvalue weighted by molar-refractivity contribution is 0.659. The molecule has 0 unspecified atom stereocenters. The zero-order valence-electron chi connectivity index (χ0n) is 45.1. The molecule has 3 aliphatic rings. The predicted molar refractivity (Wildman–Crippen MR) is 335 cm³/mol. The molecule has 0 amide bonds. The minimum atomic E-state index is -0.196. The van der Waals surface area contributed by atoms with Gasteiger partial charge < -0.3 is 18.6 Å². The maximum absolute atomic E-state index is 7.15. The van der Waals surface area contributed by atoms with Crippen LogP contribution in [0.1, 0.15) is 67.5 Å². The van der Waals surface area contributed by atoms with Gasteiger partial charge in [0.15, 0.2) is 0 Å². The molecule has 14 aromatic rings. The van der Waals surface area contributed by atoms with Crippen LogP contribution in [-0.2, 0) is 17.3 Å². The summed E-state index contributed by atoms with van der Waals surface area (Å²) in [5, 5.41) is 11.3. The van der Waals surface area contributed by atoms with E-state index in [0.717, 1.165) is 112 Å². The number of furan rings is 2. The molecule has 0 saturated carbocycles. The molecule has 0 aliphatic heterocycles. The summed E-state index contributed by atoms with van der Waals surface area (Å²) >= 11 is 0. The third-order valence-corrected chi connectivity index (χ3v) is 18.4. The summed E-state index contributed by atoms with van der Waals surface area (Å²) in [5.74, 6) is 0. The van der Waals surface area contributed by atoms with Gasteiger partial charge in [-0.2, -0.15) is 0 Å². The van der Waals surface area contributed by atoms with Gasteiger partial charge in [-0.25, -0.2) is 0 Å². The van der Waals surface area contributed by atoms with E-state index in [1.54, 1.807) is 0 Å². The number of hydrogen-bond acceptors (Lipinski definition) is 4. The smallest absolute Gasteiger partial charge is 0.138 e. The zero-order chi connectivity index (χ0) is 53.2. The van der Waals surface area contributed by atoms with E-state index in [4.69, 9.17) is 8.83 Å². The van der Waals surface area contributed by atoms with E-state index in [-0.39, 0.29) is 10.8 Å². The van der Waals surface area contributed by atoms with Gasteiger partial charge in [-0.15, -0.1) is 0 Å². The van der Waals surface area contributed by atoms with Crippen molar-refractivity contribution in [2.24, 2.45) is 0 Å². The number of allylic oxidation sites excluding steroid dienone is 1. The van der Waals surface area contributed by atoms with E-state index in [1.807, 2.05) is 0 Å². The first kappa shape index (κ1) is 45.4. The first-order chi connectivity index (χ1) is 39.2. The molecule has 0 saturated heterocycles. The highest BCUT2D eigenvalue weighted by Gasteiger charge is 2.39. The fourth-order valence-corrected chi connectivity index (χ4v) is 14.5. The molecule has 0 bridgehead atoms. The van der Waals surface area contributed by atoms with Crippen LogP contribution < -0.4 is 9.80 Å². The number of anilines is 6. The van der Waals surface area contributed by atoms with Crippen LogP contribution in [0.15, 0.2) is 233 Å². The summed E-state index contributed by atoms with van der Waals surface area (Å²) in [5.41, 5.74) is 23.0. The Morgan fingerprint density at radius 3 is 1.34 bits per heavy atom. The van der Waals surface area contributed by atoms with E-state index in [9.17, 15) is 0 Å². The Morgan fingerprint density at radius 2 is 0.800 bits per heavy atom. The van der Waals surface area contributed by atoms with Crippen molar-refractivity contribution < 1.29 is 8.83 Å². The van der Waals surface area contributed by atoms with E-state index < -0.39 is 0 Å². The molecule has 80 heavy (non-hydrogen) atoms. The second-order valence-electron chi connectivity index (χ2n) is 23.5. The second kappa shape index (κ2) is 16.5. The maximum Gasteiger partial charge on any atom is 0.138 e. The largest absolute Gasteiger partial charge is 0.456 e. The van der Waals surface area contributed by atoms with Crippen LogP contribution in [0.5, 0.6) is 0 Å². The monoisotopic (exact) mass is 1030 g/mol. The highest BCUT2D eigenvalue weighted by atomic mass is 16.3. The Hall–Kier alpha value is -9.64. The molecule has 0 N–H and O–H groups in total. The van der Waals surface area contributed by atoms with E-state index in [0.29, 0.717) is 0 Å². The van der Waals surface area contributed by atoms with Crippen molar-refractivity contribution in [3.05, 3.63) is 258 Å². The Labute approximate surface area is 464 Å². The zero-order valence-corrected chi connectivity index (χ0v) is 45.1. The van der Waals surface area contributed by atoms with Crippen molar-refractivity contribution >= 4 is 116 Å². The van der Waals surface area contributed by atoms with Gasteiger partial charge in [0.25, 0.3) is 0 Å². The molecule has 0 radical (unpaired) electrons. The molecule has 3 aliphatic carbocycles. The topological polar surface area (TPSA) is 32.8 Å². The van der Waals surface area contributed by atoms with Crippen molar-refractivity contribution in [2.45, 2.75) is 51.4 Å². The molecule has 4 heteroatoms. The number of benzene rings is 12. The van der Waals surface area contributed by atoms with Gasteiger partial charge in [0.1, 0.15) is 22.3 Å². The Morgan fingerprint density at radius 1 is 0.350 bits per heavy atom. The summed E-state index contributed by atoms with van der Waals surface area (Å²) in [6, 6.07) is 80.7. The van der Waals surface area contributed by atoms with Crippen molar-refractivity contribution in [1.29, 1.82) is 0 Å². The van der Waals surface area contributed by atoms with Gasteiger partial charge in [0.05, 0.1) is 11.4 Å². The lowest BCUT2D eigenvalue weighted by Crippen LogP contribution is -2.17. The third-order valence-electron chi connectivity index (χ3n) is 18.4. The summed E-state index contributed by atoms with van der Waals surface area (Å²) in [7, 11) is 0. The fourth-order valence-electron chi connectivity index (χ4n) is 14.5. The summed E-state index contributed by atoms with van der Waals surface area (Å²) in [4.78, 5) is 4.84. The molecule has 0 spiro atoms. The van der Waals surface area contributed by atoms with Crippen LogP contribution in [-0.4, -0.2) is 0 Å². The summed E-state index contributed by atoms with van der Waals surface area (Å²) < 4.78 is 14.3. The van der Waals surface area contributed by atoms with E-state index in [2.05, 4.69) is 268 Å².